The molecule has 2 amide bonds. The first kappa shape index (κ1) is 18.0. The Morgan fingerprint density at radius 3 is 2.74 bits per heavy atom. The number of anilines is 1. The molecule has 6 nitrogen and oxygen atoms in total. The Bertz CT molecular complexity index is 894. The maximum absolute atomic E-state index is 13.1. The van der Waals surface area contributed by atoms with E-state index in [9.17, 15) is 9.59 Å². The highest BCUT2D eigenvalue weighted by molar-refractivity contribution is 7.99. The zero-order valence-electron chi connectivity index (χ0n) is 15.3. The average Bonchev–Trinajstić information content (AvgIpc) is 2.81. The second kappa shape index (κ2) is 7.32. The van der Waals surface area contributed by atoms with Crippen LogP contribution in [0.1, 0.15) is 34.6 Å². The van der Waals surface area contributed by atoms with Crippen LogP contribution in [0.5, 0.6) is 0 Å². The zero-order chi connectivity index (χ0) is 19.0. The van der Waals surface area contributed by atoms with Gasteiger partial charge in [-0.2, -0.15) is 0 Å². The van der Waals surface area contributed by atoms with Gasteiger partial charge in [0.15, 0.2) is 0 Å². The lowest BCUT2D eigenvalue weighted by Gasteiger charge is -2.28. The van der Waals surface area contributed by atoms with Gasteiger partial charge in [0, 0.05) is 35.8 Å². The maximum atomic E-state index is 13.1. The van der Waals surface area contributed by atoms with Crippen molar-refractivity contribution in [3.05, 3.63) is 47.7 Å². The number of carbonyl (C=O) groups is 2. The highest BCUT2D eigenvalue weighted by atomic mass is 32.2. The molecule has 0 spiro atoms. The van der Waals surface area contributed by atoms with E-state index in [-0.39, 0.29) is 17.9 Å². The SMILES string of the molecule is CC(C)N1C(=O)c2cccnc2Sc2cc(C(=O)N3CCOCC3)ccc21. The van der Waals surface area contributed by atoms with E-state index >= 15 is 0 Å². The molecule has 4 rings (SSSR count). The molecule has 1 aromatic carbocycles. The summed E-state index contributed by atoms with van der Waals surface area (Å²) >= 11 is 1.44. The fourth-order valence-electron chi connectivity index (χ4n) is 3.37. The number of ether oxygens (including phenoxy) is 1. The molecular formula is C20H21N3O3S. The van der Waals surface area contributed by atoms with E-state index in [2.05, 4.69) is 4.98 Å². The first-order chi connectivity index (χ1) is 13.1. The van der Waals surface area contributed by atoms with Crippen molar-refractivity contribution < 1.29 is 14.3 Å². The minimum absolute atomic E-state index is 0.00499. The summed E-state index contributed by atoms with van der Waals surface area (Å²) in [5.41, 5.74) is 2.03. The molecular weight excluding hydrogens is 362 g/mol. The molecule has 0 saturated carbocycles. The molecule has 140 valence electrons. The second-order valence-corrected chi connectivity index (χ2v) is 7.84. The van der Waals surface area contributed by atoms with Crippen molar-refractivity contribution in [3.8, 4) is 0 Å². The van der Waals surface area contributed by atoms with Gasteiger partial charge in [0.2, 0.25) is 0 Å². The van der Waals surface area contributed by atoms with E-state index in [4.69, 9.17) is 4.74 Å². The van der Waals surface area contributed by atoms with Gasteiger partial charge in [-0.25, -0.2) is 4.98 Å². The molecule has 1 saturated heterocycles. The van der Waals surface area contributed by atoms with Gasteiger partial charge in [-0.3, -0.25) is 9.59 Å². The quantitative estimate of drug-likeness (QED) is 0.798. The monoisotopic (exact) mass is 383 g/mol. The van der Waals surface area contributed by atoms with Crippen LogP contribution in [0.3, 0.4) is 0 Å². The summed E-state index contributed by atoms with van der Waals surface area (Å²) in [6, 6.07) is 9.13. The number of aromatic nitrogens is 1. The van der Waals surface area contributed by atoms with Gasteiger partial charge < -0.3 is 14.5 Å². The number of amides is 2. The van der Waals surface area contributed by atoms with Crippen molar-refractivity contribution >= 4 is 29.3 Å². The molecule has 27 heavy (non-hydrogen) atoms. The zero-order valence-corrected chi connectivity index (χ0v) is 16.2. The Morgan fingerprint density at radius 2 is 2.00 bits per heavy atom. The largest absolute Gasteiger partial charge is 0.378 e. The molecule has 0 aliphatic carbocycles. The second-order valence-electron chi connectivity index (χ2n) is 6.81. The van der Waals surface area contributed by atoms with Crippen LogP contribution in [0, 0.1) is 0 Å². The Hall–Kier alpha value is -2.38. The Morgan fingerprint density at radius 1 is 1.22 bits per heavy atom. The summed E-state index contributed by atoms with van der Waals surface area (Å²) in [6.45, 7) is 6.31. The standard InChI is InChI=1S/C20H21N3O3S/c1-13(2)23-16-6-5-14(19(24)22-8-10-26-11-9-22)12-17(16)27-18-15(20(23)25)4-3-7-21-18/h3-7,12-13H,8-11H2,1-2H3. The van der Waals surface area contributed by atoms with Gasteiger partial charge in [0.1, 0.15) is 5.03 Å². The van der Waals surface area contributed by atoms with E-state index < -0.39 is 0 Å². The van der Waals surface area contributed by atoms with Crippen LogP contribution in [-0.4, -0.2) is 54.0 Å². The Kier molecular flexibility index (Phi) is 4.88. The third kappa shape index (κ3) is 3.33. The average molecular weight is 383 g/mol. The molecule has 0 atom stereocenters. The van der Waals surface area contributed by atoms with Crippen molar-refractivity contribution in [3.63, 3.8) is 0 Å². The van der Waals surface area contributed by atoms with Gasteiger partial charge in [-0.15, -0.1) is 0 Å². The van der Waals surface area contributed by atoms with Crippen molar-refractivity contribution in [1.29, 1.82) is 0 Å². The number of pyridine rings is 1. The first-order valence-corrected chi connectivity index (χ1v) is 9.85. The highest BCUT2D eigenvalue weighted by Crippen LogP contribution is 2.41. The number of morpholine rings is 1. The number of hydrogen-bond acceptors (Lipinski definition) is 5. The van der Waals surface area contributed by atoms with E-state index in [0.29, 0.717) is 42.5 Å². The van der Waals surface area contributed by atoms with Gasteiger partial charge in [0.25, 0.3) is 11.8 Å². The minimum atomic E-state index is -0.0633. The number of fused-ring (bicyclic) bond motifs is 2. The van der Waals surface area contributed by atoms with Crippen LogP contribution in [0.15, 0.2) is 46.5 Å². The Balaban J connectivity index is 1.77. The van der Waals surface area contributed by atoms with Gasteiger partial charge in [0.05, 0.1) is 24.5 Å². The topological polar surface area (TPSA) is 62.7 Å². The van der Waals surface area contributed by atoms with Crippen molar-refractivity contribution in [2.45, 2.75) is 29.8 Å². The molecule has 3 heterocycles. The van der Waals surface area contributed by atoms with Crippen LogP contribution in [0.4, 0.5) is 5.69 Å². The summed E-state index contributed by atoms with van der Waals surface area (Å²) in [5.74, 6) is -0.0683. The lowest BCUT2D eigenvalue weighted by atomic mass is 10.1. The maximum Gasteiger partial charge on any atom is 0.261 e. The minimum Gasteiger partial charge on any atom is -0.378 e. The van der Waals surface area contributed by atoms with E-state index in [1.54, 1.807) is 23.2 Å². The normalized spacial score (nSPS) is 16.8. The van der Waals surface area contributed by atoms with E-state index in [1.165, 1.54) is 11.8 Å². The number of hydrogen-bond donors (Lipinski definition) is 0. The van der Waals surface area contributed by atoms with Crippen LogP contribution in [0.25, 0.3) is 0 Å². The molecule has 0 unspecified atom stereocenters. The van der Waals surface area contributed by atoms with Crippen molar-refractivity contribution in [1.82, 2.24) is 9.88 Å². The van der Waals surface area contributed by atoms with Gasteiger partial charge in [-0.05, 0) is 44.2 Å². The van der Waals surface area contributed by atoms with E-state index in [0.717, 1.165) is 10.6 Å². The summed E-state index contributed by atoms with van der Waals surface area (Å²) in [6.07, 6.45) is 1.69. The predicted molar refractivity (Wildman–Crippen MR) is 103 cm³/mol. The summed E-state index contributed by atoms with van der Waals surface area (Å²) in [4.78, 5) is 34.8. The molecule has 1 aromatic heterocycles. The molecule has 0 radical (unpaired) electrons. The third-order valence-corrected chi connectivity index (χ3v) is 5.77. The summed E-state index contributed by atoms with van der Waals surface area (Å²) < 4.78 is 5.33. The van der Waals surface area contributed by atoms with Crippen molar-refractivity contribution in [2.75, 3.05) is 31.2 Å². The van der Waals surface area contributed by atoms with Crippen molar-refractivity contribution in [2.24, 2.45) is 0 Å². The van der Waals surface area contributed by atoms with Gasteiger partial charge >= 0.3 is 0 Å². The lowest BCUT2D eigenvalue weighted by molar-refractivity contribution is 0.0302. The Labute approximate surface area is 162 Å². The molecule has 0 bridgehead atoms. The van der Waals surface area contributed by atoms with Crippen LogP contribution < -0.4 is 4.90 Å². The fourth-order valence-corrected chi connectivity index (χ4v) is 4.41. The molecule has 1 fully saturated rings. The van der Waals surface area contributed by atoms with Crippen LogP contribution >= 0.6 is 11.8 Å². The number of nitrogens with zero attached hydrogens (tertiary/aromatic N) is 3. The summed E-state index contributed by atoms with van der Waals surface area (Å²) in [5, 5.41) is 0.669. The highest BCUT2D eigenvalue weighted by Gasteiger charge is 2.30. The number of benzene rings is 1. The fraction of sp³-hybridized carbons (Fsp3) is 0.350. The summed E-state index contributed by atoms with van der Waals surface area (Å²) in [7, 11) is 0. The predicted octanol–water partition coefficient (Wildman–Crippen LogP) is 3.07. The molecule has 0 N–H and O–H groups in total. The molecule has 2 aromatic rings. The molecule has 2 aliphatic heterocycles. The van der Waals surface area contributed by atoms with Gasteiger partial charge in [-0.1, -0.05) is 11.8 Å². The van der Waals surface area contributed by atoms with E-state index in [1.807, 2.05) is 36.9 Å². The molecule has 7 heteroatoms. The first-order valence-electron chi connectivity index (χ1n) is 9.04. The number of rotatable bonds is 2. The van der Waals surface area contributed by atoms with Crippen LogP contribution in [-0.2, 0) is 4.74 Å². The smallest absolute Gasteiger partial charge is 0.261 e. The number of carbonyl (C=O) groups excluding carboxylic acids is 2. The molecule has 2 aliphatic rings. The third-order valence-electron chi connectivity index (χ3n) is 4.71. The van der Waals surface area contributed by atoms with Crippen LogP contribution in [0.2, 0.25) is 0 Å². The lowest BCUT2D eigenvalue weighted by Crippen LogP contribution is -2.40.